The van der Waals surface area contributed by atoms with Crippen molar-refractivity contribution < 1.29 is 18.0 Å². The van der Waals surface area contributed by atoms with Crippen LogP contribution in [0.15, 0.2) is 30.5 Å². The molecule has 1 aliphatic rings. The Labute approximate surface area is 178 Å². The number of aromatic nitrogens is 3. The predicted molar refractivity (Wildman–Crippen MR) is 111 cm³/mol. The van der Waals surface area contributed by atoms with E-state index in [1.807, 2.05) is 19.9 Å². The fourth-order valence-electron chi connectivity index (χ4n) is 4.35. The maximum absolute atomic E-state index is 14.3. The maximum atomic E-state index is 14.3. The van der Waals surface area contributed by atoms with Gasteiger partial charge in [0.1, 0.15) is 22.7 Å². The largest absolute Gasteiger partial charge is 0.331 e. The van der Waals surface area contributed by atoms with Gasteiger partial charge in [-0.3, -0.25) is 4.79 Å². The second-order valence-electron chi connectivity index (χ2n) is 8.48. The summed E-state index contributed by atoms with van der Waals surface area (Å²) in [6.45, 7) is 4.11. The standard InChI is InChI=1S/C23H25F3N4O/c1-14(2)12-29(23(31)20-16(24)9-10-17(25)21(20)26)13-19-28-18-8-5-11-27-22(18)30(19)15-6-3-4-7-15/h5,8-11,14-15H,3-4,6-7,12-13H2,1-2H3. The molecule has 2 heterocycles. The number of nitrogens with zero attached hydrogens (tertiary/aromatic N) is 4. The first kappa shape index (κ1) is 21.3. The van der Waals surface area contributed by atoms with Gasteiger partial charge < -0.3 is 9.47 Å². The first-order chi connectivity index (χ1) is 14.9. The predicted octanol–water partition coefficient (Wildman–Crippen LogP) is 5.26. The average Bonchev–Trinajstić information content (AvgIpc) is 3.37. The minimum absolute atomic E-state index is 0.0334. The van der Waals surface area contributed by atoms with Crippen molar-refractivity contribution in [3.63, 3.8) is 0 Å². The van der Waals surface area contributed by atoms with Crippen LogP contribution in [-0.4, -0.2) is 31.9 Å². The summed E-state index contributed by atoms with van der Waals surface area (Å²) >= 11 is 0. The Morgan fingerprint density at radius 3 is 2.58 bits per heavy atom. The van der Waals surface area contributed by atoms with Gasteiger partial charge in [0.25, 0.3) is 5.91 Å². The van der Waals surface area contributed by atoms with Crippen LogP contribution in [-0.2, 0) is 6.54 Å². The van der Waals surface area contributed by atoms with Crippen molar-refractivity contribution >= 4 is 17.1 Å². The summed E-state index contributed by atoms with van der Waals surface area (Å²) in [6.07, 6.45) is 5.88. The van der Waals surface area contributed by atoms with E-state index in [0.29, 0.717) is 17.4 Å². The van der Waals surface area contributed by atoms with Crippen LogP contribution in [0.2, 0.25) is 0 Å². The number of hydrogen-bond acceptors (Lipinski definition) is 3. The van der Waals surface area contributed by atoms with Crippen LogP contribution in [0.3, 0.4) is 0 Å². The zero-order valence-corrected chi connectivity index (χ0v) is 17.6. The molecule has 1 fully saturated rings. The zero-order valence-electron chi connectivity index (χ0n) is 17.6. The minimum atomic E-state index is -1.47. The van der Waals surface area contributed by atoms with Crippen molar-refractivity contribution in [3.8, 4) is 0 Å². The Balaban J connectivity index is 1.76. The van der Waals surface area contributed by atoms with Gasteiger partial charge in [0, 0.05) is 18.8 Å². The Kier molecular flexibility index (Phi) is 5.98. The van der Waals surface area contributed by atoms with Crippen molar-refractivity contribution in [1.82, 2.24) is 19.4 Å². The third-order valence-corrected chi connectivity index (χ3v) is 5.67. The molecule has 1 aromatic carbocycles. The molecular weight excluding hydrogens is 405 g/mol. The fraction of sp³-hybridized carbons (Fsp3) is 0.435. The SMILES string of the molecule is CC(C)CN(Cc1nc2cccnc2n1C1CCCC1)C(=O)c1c(F)ccc(F)c1F. The molecule has 3 aromatic rings. The van der Waals surface area contributed by atoms with Crippen molar-refractivity contribution in [2.75, 3.05) is 6.54 Å². The molecule has 1 saturated carbocycles. The summed E-state index contributed by atoms with van der Waals surface area (Å²) in [6, 6.07) is 5.33. The molecule has 0 N–H and O–H groups in total. The van der Waals surface area contributed by atoms with Crippen LogP contribution in [0.1, 0.15) is 61.8 Å². The van der Waals surface area contributed by atoms with Gasteiger partial charge >= 0.3 is 0 Å². The molecule has 0 saturated heterocycles. The number of imidazole rings is 1. The van der Waals surface area contributed by atoms with E-state index in [-0.39, 0.29) is 25.0 Å². The highest BCUT2D eigenvalue weighted by atomic mass is 19.2. The van der Waals surface area contributed by atoms with E-state index in [2.05, 4.69) is 14.5 Å². The van der Waals surface area contributed by atoms with Gasteiger partial charge in [0.2, 0.25) is 0 Å². The monoisotopic (exact) mass is 430 g/mol. The highest BCUT2D eigenvalue weighted by Crippen LogP contribution is 2.33. The molecular formula is C23H25F3N4O. The number of hydrogen-bond donors (Lipinski definition) is 0. The van der Waals surface area contributed by atoms with Crippen LogP contribution in [0.4, 0.5) is 13.2 Å². The average molecular weight is 430 g/mol. The van der Waals surface area contributed by atoms with Gasteiger partial charge in [-0.15, -0.1) is 0 Å². The smallest absolute Gasteiger partial charge is 0.260 e. The topological polar surface area (TPSA) is 51.0 Å². The summed E-state index contributed by atoms with van der Waals surface area (Å²) < 4.78 is 44.5. The molecule has 4 rings (SSSR count). The second-order valence-corrected chi connectivity index (χ2v) is 8.48. The molecule has 0 atom stereocenters. The molecule has 0 spiro atoms. The van der Waals surface area contributed by atoms with Crippen LogP contribution in [0.25, 0.3) is 11.2 Å². The molecule has 0 aliphatic heterocycles. The summed E-state index contributed by atoms with van der Waals surface area (Å²) in [5.41, 5.74) is 0.580. The molecule has 8 heteroatoms. The van der Waals surface area contributed by atoms with E-state index in [9.17, 15) is 18.0 Å². The second kappa shape index (κ2) is 8.69. The number of carbonyl (C=O) groups is 1. The van der Waals surface area contributed by atoms with Crippen molar-refractivity contribution in [2.45, 2.75) is 52.1 Å². The quantitative estimate of drug-likeness (QED) is 0.501. The maximum Gasteiger partial charge on any atom is 0.260 e. The van der Waals surface area contributed by atoms with E-state index >= 15 is 0 Å². The fourth-order valence-corrected chi connectivity index (χ4v) is 4.35. The number of amides is 1. The summed E-state index contributed by atoms with van der Waals surface area (Å²) in [5.74, 6) is -4.04. The van der Waals surface area contributed by atoms with Crippen LogP contribution in [0.5, 0.6) is 0 Å². The van der Waals surface area contributed by atoms with Gasteiger partial charge in [-0.25, -0.2) is 23.1 Å². The van der Waals surface area contributed by atoms with Gasteiger partial charge in [-0.05, 0) is 43.0 Å². The number of halogens is 3. The van der Waals surface area contributed by atoms with Crippen LogP contribution < -0.4 is 0 Å². The van der Waals surface area contributed by atoms with Crippen LogP contribution in [0, 0.1) is 23.4 Å². The molecule has 5 nitrogen and oxygen atoms in total. The van der Waals surface area contributed by atoms with Gasteiger partial charge in [0.15, 0.2) is 17.3 Å². The summed E-state index contributed by atoms with van der Waals surface area (Å²) in [5, 5.41) is 0. The number of pyridine rings is 1. The van der Waals surface area contributed by atoms with Gasteiger partial charge in [0.05, 0.1) is 6.54 Å². The number of benzene rings is 1. The van der Waals surface area contributed by atoms with E-state index < -0.39 is 28.9 Å². The van der Waals surface area contributed by atoms with E-state index in [1.54, 1.807) is 12.3 Å². The zero-order chi connectivity index (χ0) is 22.1. The molecule has 0 unspecified atom stereocenters. The third-order valence-electron chi connectivity index (χ3n) is 5.67. The third kappa shape index (κ3) is 4.16. The molecule has 31 heavy (non-hydrogen) atoms. The Morgan fingerprint density at radius 1 is 1.16 bits per heavy atom. The molecule has 2 aromatic heterocycles. The van der Waals surface area contributed by atoms with E-state index in [1.165, 1.54) is 4.90 Å². The number of rotatable bonds is 6. The molecule has 0 radical (unpaired) electrons. The summed E-state index contributed by atoms with van der Waals surface area (Å²) in [7, 11) is 0. The van der Waals surface area contributed by atoms with Gasteiger partial charge in [-0.2, -0.15) is 0 Å². The normalized spacial score (nSPS) is 14.6. The van der Waals surface area contributed by atoms with Gasteiger partial charge in [-0.1, -0.05) is 26.7 Å². The lowest BCUT2D eigenvalue weighted by atomic mass is 10.1. The Hall–Kier alpha value is -2.90. The Bertz CT molecular complexity index is 1110. The van der Waals surface area contributed by atoms with Crippen molar-refractivity contribution in [3.05, 3.63) is 59.3 Å². The Morgan fingerprint density at radius 2 is 1.87 bits per heavy atom. The first-order valence-corrected chi connectivity index (χ1v) is 10.6. The molecule has 0 bridgehead atoms. The first-order valence-electron chi connectivity index (χ1n) is 10.6. The molecule has 164 valence electrons. The summed E-state index contributed by atoms with van der Waals surface area (Å²) in [4.78, 5) is 23.7. The number of fused-ring (bicyclic) bond motifs is 1. The van der Waals surface area contributed by atoms with Crippen molar-refractivity contribution in [2.24, 2.45) is 5.92 Å². The van der Waals surface area contributed by atoms with Crippen molar-refractivity contribution in [1.29, 1.82) is 0 Å². The highest BCUT2D eigenvalue weighted by Gasteiger charge is 2.29. The lowest BCUT2D eigenvalue weighted by Gasteiger charge is -2.26. The number of carbonyl (C=O) groups excluding carboxylic acids is 1. The molecule has 1 amide bonds. The van der Waals surface area contributed by atoms with E-state index in [4.69, 9.17) is 0 Å². The minimum Gasteiger partial charge on any atom is -0.331 e. The highest BCUT2D eigenvalue weighted by molar-refractivity contribution is 5.94. The molecule has 1 aliphatic carbocycles. The lowest BCUT2D eigenvalue weighted by Crippen LogP contribution is -2.36. The van der Waals surface area contributed by atoms with E-state index in [0.717, 1.165) is 37.4 Å². The lowest BCUT2D eigenvalue weighted by molar-refractivity contribution is 0.0704. The van der Waals surface area contributed by atoms with Crippen LogP contribution >= 0.6 is 0 Å².